The molecule has 5 nitrogen and oxygen atoms in total. The molecule has 1 rings (SSSR count). The van der Waals surface area contributed by atoms with E-state index in [4.69, 9.17) is 9.94 Å². The number of nitrogens with one attached hydrogen (secondary N) is 1. The second kappa shape index (κ2) is 5.38. The second-order valence-corrected chi connectivity index (χ2v) is 5.59. The van der Waals surface area contributed by atoms with Crippen LogP contribution in [0.2, 0.25) is 0 Å². The van der Waals surface area contributed by atoms with E-state index in [1.807, 2.05) is 20.8 Å². The van der Waals surface area contributed by atoms with Crippen LogP contribution in [0.15, 0.2) is 5.16 Å². The molecule has 1 saturated carbocycles. The monoisotopic (exact) mass is 242 g/mol. The molecule has 0 saturated heterocycles. The van der Waals surface area contributed by atoms with E-state index in [1.54, 1.807) is 6.92 Å². The fraction of sp³-hybridized carbons (Fsp3) is 0.833. The average Bonchev–Trinajstić information content (AvgIpc) is 2.62. The van der Waals surface area contributed by atoms with Crippen molar-refractivity contribution in [3.63, 3.8) is 0 Å². The van der Waals surface area contributed by atoms with Crippen LogP contribution in [-0.4, -0.2) is 28.7 Å². The van der Waals surface area contributed by atoms with Crippen molar-refractivity contribution < 1.29 is 14.7 Å². The number of rotatable bonds is 2. The standard InChI is InChI=1S/C12H22N2O3/c1-8(14-16)9-5-6-10(7-9)13-11(15)17-12(2,3)4/h9-10,16H,5-7H2,1-4H3,(H,13,15)/b14-8+/t9-,10+/m0/s1. The van der Waals surface area contributed by atoms with Gasteiger partial charge < -0.3 is 15.3 Å². The van der Waals surface area contributed by atoms with Gasteiger partial charge >= 0.3 is 6.09 Å². The molecule has 0 spiro atoms. The molecule has 1 fully saturated rings. The van der Waals surface area contributed by atoms with Crippen molar-refractivity contribution in [3.8, 4) is 0 Å². The van der Waals surface area contributed by atoms with Crippen molar-refractivity contribution in [2.45, 2.75) is 58.6 Å². The molecular formula is C12H22N2O3. The molecule has 2 atom stereocenters. The number of alkyl carbamates (subject to hydrolysis) is 1. The summed E-state index contributed by atoms with van der Waals surface area (Å²) in [5, 5.41) is 14.8. The van der Waals surface area contributed by atoms with Gasteiger partial charge in [-0.25, -0.2) is 4.79 Å². The summed E-state index contributed by atoms with van der Waals surface area (Å²) in [6, 6.07) is 0.117. The predicted octanol–water partition coefficient (Wildman–Crippen LogP) is 2.53. The van der Waals surface area contributed by atoms with Crippen LogP contribution >= 0.6 is 0 Å². The molecule has 0 heterocycles. The van der Waals surface area contributed by atoms with E-state index in [9.17, 15) is 4.79 Å². The molecule has 0 aromatic rings. The van der Waals surface area contributed by atoms with Gasteiger partial charge in [0.1, 0.15) is 5.60 Å². The summed E-state index contributed by atoms with van der Waals surface area (Å²) < 4.78 is 5.19. The van der Waals surface area contributed by atoms with Crippen LogP contribution in [0, 0.1) is 5.92 Å². The molecular weight excluding hydrogens is 220 g/mol. The fourth-order valence-corrected chi connectivity index (χ4v) is 2.05. The van der Waals surface area contributed by atoms with Crippen LogP contribution < -0.4 is 5.32 Å². The number of carbonyl (C=O) groups is 1. The first-order valence-electron chi connectivity index (χ1n) is 6.00. The van der Waals surface area contributed by atoms with Crippen molar-refractivity contribution in [2.24, 2.45) is 11.1 Å². The van der Waals surface area contributed by atoms with E-state index in [1.165, 1.54) is 0 Å². The van der Waals surface area contributed by atoms with Crippen molar-refractivity contribution in [2.75, 3.05) is 0 Å². The van der Waals surface area contributed by atoms with Gasteiger partial charge in [0.2, 0.25) is 0 Å². The van der Waals surface area contributed by atoms with Crippen LogP contribution in [0.4, 0.5) is 4.79 Å². The van der Waals surface area contributed by atoms with E-state index in [0.29, 0.717) is 0 Å². The van der Waals surface area contributed by atoms with Gasteiger partial charge in [-0.15, -0.1) is 0 Å². The van der Waals surface area contributed by atoms with Gasteiger partial charge in [-0.1, -0.05) is 5.16 Å². The lowest BCUT2D eigenvalue weighted by molar-refractivity contribution is 0.0505. The first-order chi connectivity index (χ1) is 7.81. The number of ether oxygens (including phenoxy) is 1. The zero-order valence-corrected chi connectivity index (χ0v) is 11.0. The zero-order valence-electron chi connectivity index (χ0n) is 11.0. The van der Waals surface area contributed by atoms with Crippen LogP contribution in [0.3, 0.4) is 0 Å². The van der Waals surface area contributed by atoms with Crippen LogP contribution in [0.25, 0.3) is 0 Å². The van der Waals surface area contributed by atoms with Gasteiger partial charge in [0.25, 0.3) is 0 Å². The van der Waals surface area contributed by atoms with E-state index in [-0.39, 0.29) is 18.1 Å². The third-order valence-electron chi connectivity index (χ3n) is 2.90. The van der Waals surface area contributed by atoms with Crippen molar-refractivity contribution in [1.82, 2.24) is 5.32 Å². The number of amides is 1. The molecule has 1 aliphatic carbocycles. The molecule has 1 aliphatic rings. The number of oxime groups is 1. The summed E-state index contributed by atoms with van der Waals surface area (Å²) in [6.45, 7) is 7.33. The molecule has 1 amide bonds. The molecule has 0 unspecified atom stereocenters. The smallest absolute Gasteiger partial charge is 0.407 e. The highest BCUT2D eigenvalue weighted by molar-refractivity contribution is 5.84. The maximum absolute atomic E-state index is 11.5. The molecule has 0 aromatic carbocycles. The molecule has 5 heteroatoms. The SMILES string of the molecule is C/C(=N\O)[C@H]1CC[C@@H](NC(=O)OC(C)(C)C)C1. The molecule has 0 bridgehead atoms. The number of hydrogen-bond acceptors (Lipinski definition) is 4. The average molecular weight is 242 g/mol. The van der Waals surface area contributed by atoms with Crippen LogP contribution in [0.5, 0.6) is 0 Å². The second-order valence-electron chi connectivity index (χ2n) is 5.59. The van der Waals surface area contributed by atoms with Crippen molar-refractivity contribution in [3.05, 3.63) is 0 Å². The van der Waals surface area contributed by atoms with Gasteiger partial charge in [-0.05, 0) is 47.0 Å². The molecule has 0 radical (unpaired) electrons. The normalized spacial score (nSPS) is 25.8. The first kappa shape index (κ1) is 13.8. The molecule has 17 heavy (non-hydrogen) atoms. The quantitative estimate of drug-likeness (QED) is 0.444. The Labute approximate surface area is 102 Å². The Balaban J connectivity index is 2.38. The van der Waals surface area contributed by atoms with E-state index >= 15 is 0 Å². The number of nitrogens with zero attached hydrogens (tertiary/aromatic N) is 1. The topological polar surface area (TPSA) is 70.9 Å². The third kappa shape index (κ3) is 4.63. The highest BCUT2D eigenvalue weighted by Gasteiger charge is 2.29. The van der Waals surface area contributed by atoms with Crippen LogP contribution in [-0.2, 0) is 4.74 Å². The van der Waals surface area contributed by atoms with Crippen molar-refractivity contribution >= 4 is 11.8 Å². The number of hydrogen-bond donors (Lipinski definition) is 2. The predicted molar refractivity (Wildman–Crippen MR) is 65.4 cm³/mol. The molecule has 0 aliphatic heterocycles. The third-order valence-corrected chi connectivity index (χ3v) is 2.90. The van der Waals surface area contributed by atoms with E-state index in [2.05, 4.69) is 10.5 Å². The Morgan fingerprint density at radius 2 is 2.06 bits per heavy atom. The molecule has 0 aromatic heterocycles. The highest BCUT2D eigenvalue weighted by atomic mass is 16.6. The highest BCUT2D eigenvalue weighted by Crippen LogP contribution is 2.27. The van der Waals surface area contributed by atoms with E-state index < -0.39 is 5.60 Å². The Morgan fingerprint density at radius 1 is 1.41 bits per heavy atom. The minimum Gasteiger partial charge on any atom is -0.444 e. The molecule has 2 N–H and O–H groups in total. The Kier molecular flexibility index (Phi) is 4.37. The Morgan fingerprint density at radius 3 is 2.59 bits per heavy atom. The minimum atomic E-state index is -0.468. The zero-order chi connectivity index (χ0) is 13.1. The number of carbonyl (C=O) groups excluding carboxylic acids is 1. The van der Waals surface area contributed by atoms with E-state index in [0.717, 1.165) is 25.0 Å². The van der Waals surface area contributed by atoms with Gasteiger partial charge in [-0.2, -0.15) is 0 Å². The first-order valence-corrected chi connectivity index (χ1v) is 6.00. The summed E-state index contributed by atoms with van der Waals surface area (Å²) in [7, 11) is 0. The maximum atomic E-state index is 11.5. The summed E-state index contributed by atoms with van der Waals surface area (Å²) in [5.74, 6) is 0.264. The lowest BCUT2D eigenvalue weighted by atomic mass is 10.0. The van der Waals surface area contributed by atoms with Crippen LogP contribution in [0.1, 0.15) is 47.0 Å². The van der Waals surface area contributed by atoms with Gasteiger partial charge in [0.05, 0.1) is 5.71 Å². The van der Waals surface area contributed by atoms with Gasteiger partial charge in [0.15, 0.2) is 0 Å². The lowest BCUT2D eigenvalue weighted by Gasteiger charge is -2.21. The lowest BCUT2D eigenvalue weighted by Crippen LogP contribution is -2.38. The summed E-state index contributed by atoms with van der Waals surface area (Å²) >= 11 is 0. The Hall–Kier alpha value is -1.26. The minimum absolute atomic E-state index is 0.117. The maximum Gasteiger partial charge on any atom is 0.407 e. The van der Waals surface area contributed by atoms with Crippen molar-refractivity contribution in [1.29, 1.82) is 0 Å². The summed E-state index contributed by atoms with van der Waals surface area (Å²) in [4.78, 5) is 11.5. The van der Waals surface area contributed by atoms with Gasteiger partial charge in [-0.3, -0.25) is 0 Å². The summed E-state index contributed by atoms with van der Waals surface area (Å²) in [5.41, 5.74) is 0.267. The molecule has 98 valence electrons. The summed E-state index contributed by atoms with van der Waals surface area (Å²) in [6.07, 6.45) is 2.28. The fourth-order valence-electron chi connectivity index (χ4n) is 2.05. The van der Waals surface area contributed by atoms with Gasteiger partial charge in [0, 0.05) is 12.0 Å². The largest absolute Gasteiger partial charge is 0.444 e. The Bertz CT molecular complexity index is 307.